The lowest BCUT2D eigenvalue weighted by molar-refractivity contribution is -0.0168. The molecule has 0 bridgehead atoms. The first kappa shape index (κ1) is 16.9. The van der Waals surface area contributed by atoms with Crippen molar-refractivity contribution in [1.29, 1.82) is 0 Å². The molecule has 8 heteroatoms. The van der Waals surface area contributed by atoms with Gasteiger partial charge < -0.3 is 14.0 Å². The smallest absolute Gasteiger partial charge is 0.191 e. The lowest BCUT2D eigenvalue weighted by Crippen LogP contribution is -2.13. The van der Waals surface area contributed by atoms with E-state index in [9.17, 15) is 0 Å². The third-order valence-corrected chi connectivity index (χ3v) is 6.11. The van der Waals surface area contributed by atoms with Crippen LogP contribution in [-0.4, -0.2) is 21.6 Å². The fourth-order valence-corrected chi connectivity index (χ4v) is 4.56. The van der Waals surface area contributed by atoms with Gasteiger partial charge in [-0.05, 0) is 23.6 Å². The summed E-state index contributed by atoms with van der Waals surface area (Å²) in [6.45, 7) is 0.809. The first-order valence-electron chi connectivity index (χ1n) is 7.76. The molecule has 1 aromatic carbocycles. The second kappa shape index (κ2) is 7.37. The van der Waals surface area contributed by atoms with Crippen LogP contribution in [0, 0.1) is 0 Å². The van der Waals surface area contributed by atoms with Crippen LogP contribution in [-0.2, 0) is 30.6 Å². The summed E-state index contributed by atoms with van der Waals surface area (Å²) in [5, 5.41) is 12.3. The molecule has 0 unspecified atom stereocenters. The van der Waals surface area contributed by atoms with Crippen molar-refractivity contribution in [1.82, 2.24) is 14.8 Å². The highest BCUT2D eigenvalue weighted by atomic mass is 35.5. The van der Waals surface area contributed by atoms with Gasteiger partial charge in [0.1, 0.15) is 11.6 Å². The lowest BCUT2D eigenvalue weighted by atomic mass is 10.1. The number of fused-ring (bicyclic) bond motifs is 1. The molecule has 2 aromatic heterocycles. The molecule has 1 aliphatic rings. The molecule has 1 aliphatic heterocycles. The summed E-state index contributed by atoms with van der Waals surface area (Å²) >= 11 is 9.59. The molecule has 0 spiro atoms. The maximum absolute atomic E-state index is 6.23. The van der Waals surface area contributed by atoms with Crippen LogP contribution in [0.3, 0.4) is 0 Å². The molecule has 0 saturated heterocycles. The van der Waals surface area contributed by atoms with Crippen LogP contribution in [0.25, 0.3) is 0 Å². The van der Waals surface area contributed by atoms with Crippen LogP contribution in [0.15, 0.2) is 34.8 Å². The van der Waals surface area contributed by atoms with E-state index < -0.39 is 0 Å². The van der Waals surface area contributed by atoms with E-state index in [1.54, 1.807) is 23.1 Å². The van der Waals surface area contributed by atoms with E-state index >= 15 is 0 Å². The Kier molecular flexibility index (Phi) is 4.98. The van der Waals surface area contributed by atoms with Gasteiger partial charge in [0.25, 0.3) is 0 Å². The number of aromatic nitrogens is 3. The zero-order valence-electron chi connectivity index (χ0n) is 13.6. The second-order valence-electron chi connectivity index (χ2n) is 5.67. The van der Waals surface area contributed by atoms with E-state index in [0.29, 0.717) is 17.4 Å². The molecule has 4 rings (SSSR count). The van der Waals surface area contributed by atoms with Crippen molar-refractivity contribution in [2.75, 3.05) is 6.79 Å². The first-order chi connectivity index (χ1) is 12.2. The Morgan fingerprint density at radius 1 is 1.36 bits per heavy atom. The molecular formula is C17H16ClN3O2S2. The highest BCUT2D eigenvalue weighted by molar-refractivity contribution is 7.98. The molecule has 0 atom stereocenters. The fraction of sp³-hybridized carbons (Fsp3) is 0.294. The Labute approximate surface area is 158 Å². The van der Waals surface area contributed by atoms with Gasteiger partial charge in [-0.25, -0.2) is 0 Å². The summed E-state index contributed by atoms with van der Waals surface area (Å²) in [7, 11) is 2.00. The Morgan fingerprint density at radius 3 is 3.12 bits per heavy atom. The average molecular weight is 394 g/mol. The minimum Gasteiger partial charge on any atom is -0.467 e. The van der Waals surface area contributed by atoms with Crippen LogP contribution in [0.1, 0.15) is 21.8 Å². The number of thiophene rings is 1. The van der Waals surface area contributed by atoms with Gasteiger partial charge >= 0.3 is 0 Å². The highest BCUT2D eigenvalue weighted by Gasteiger charge is 2.18. The molecule has 130 valence electrons. The average Bonchev–Trinajstić information content (AvgIpc) is 3.24. The van der Waals surface area contributed by atoms with Gasteiger partial charge in [-0.1, -0.05) is 29.4 Å². The number of ether oxygens (including phenoxy) is 2. The van der Waals surface area contributed by atoms with Crippen LogP contribution in [0.5, 0.6) is 5.75 Å². The van der Waals surface area contributed by atoms with Crippen LogP contribution in [0.2, 0.25) is 5.02 Å². The van der Waals surface area contributed by atoms with Crippen LogP contribution >= 0.6 is 34.7 Å². The zero-order chi connectivity index (χ0) is 17.2. The van der Waals surface area contributed by atoms with Crippen molar-refractivity contribution in [3.05, 3.63) is 56.5 Å². The fourth-order valence-electron chi connectivity index (χ4n) is 2.70. The minimum absolute atomic E-state index is 0.279. The predicted molar refractivity (Wildman–Crippen MR) is 99.4 cm³/mol. The molecule has 0 N–H and O–H groups in total. The number of nitrogens with zero attached hydrogens (tertiary/aromatic N) is 3. The van der Waals surface area contributed by atoms with Gasteiger partial charge in [0, 0.05) is 40.2 Å². The van der Waals surface area contributed by atoms with E-state index in [0.717, 1.165) is 34.3 Å². The molecular weight excluding hydrogens is 378 g/mol. The molecule has 0 amide bonds. The number of benzene rings is 1. The zero-order valence-corrected chi connectivity index (χ0v) is 16.0. The van der Waals surface area contributed by atoms with Crippen molar-refractivity contribution >= 4 is 34.7 Å². The third-order valence-electron chi connectivity index (χ3n) is 3.95. The third kappa shape index (κ3) is 3.69. The van der Waals surface area contributed by atoms with E-state index in [1.165, 1.54) is 4.88 Å². The SMILES string of the molecule is Cn1c(Cc2cccs2)nnc1SCc1cc(Cl)cc2c1OCOC2. The normalized spacial score (nSPS) is 13.5. The van der Waals surface area contributed by atoms with Gasteiger partial charge in [-0.15, -0.1) is 21.5 Å². The summed E-state index contributed by atoms with van der Waals surface area (Å²) in [6, 6.07) is 8.01. The second-order valence-corrected chi connectivity index (χ2v) is 8.08. The molecule has 0 radical (unpaired) electrons. The Hall–Kier alpha value is -1.54. The molecule has 25 heavy (non-hydrogen) atoms. The van der Waals surface area contributed by atoms with Gasteiger partial charge in [-0.3, -0.25) is 0 Å². The van der Waals surface area contributed by atoms with Gasteiger partial charge in [0.2, 0.25) is 0 Å². The van der Waals surface area contributed by atoms with Crippen molar-refractivity contribution < 1.29 is 9.47 Å². The Bertz CT molecular complexity index is 880. The van der Waals surface area contributed by atoms with Gasteiger partial charge in [-0.2, -0.15) is 0 Å². The topological polar surface area (TPSA) is 49.2 Å². The van der Waals surface area contributed by atoms with Gasteiger partial charge in [0.15, 0.2) is 11.9 Å². The minimum atomic E-state index is 0.279. The number of rotatable bonds is 5. The summed E-state index contributed by atoms with van der Waals surface area (Å²) in [5.41, 5.74) is 2.05. The molecule has 0 aliphatic carbocycles. The quantitative estimate of drug-likeness (QED) is 0.605. The number of halogens is 1. The summed E-state index contributed by atoms with van der Waals surface area (Å²) in [5.74, 6) is 2.56. The van der Waals surface area contributed by atoms with Crippen molar-refractivity contribution in [2.45, 2.75) is 23.9 Å². The van der Waals surface area contributed by atoms with E-state index in [4.69, 9.17) is 21.1 Å². The van der Waals surface area contributed by atoms with E-state index in [1.807, 2.05) is 23.7 Å². The van der Waals surface area contributed by atoms with E-state index in [-0.39, 0.29) is 6.79 Å². The number of thioether (sulfide) groups is 1. The van der Waals surface area contributed by atoms with Crippen LogP contribution < -0.4 is 4.74 Å². The van der Waals surface area contributed by atoms with Crippen molar-refractivity contribution in [2.24, 2.45) is 7.05 Å². The summed E-state index contributed by atoms with van der Waals surface area (Å²) in [4.78, 5) is 1.28. The summed E-state index contributed by atoms with van der Waals surface area (Å²) < 4.78 is 13.0. The van der Waals surface area contributed by atoms with Gasteiger partial charge in [0.05, 0.1) is 6.61 Å². The monoisotopic (exact) mass is 393 g/mol. The predicted octanol–water partition coefficient (Wildman–Crippen LogP) is 4.28. The van der Waals surface area contributed by atoms with Crippen LogP contribution in [0.4, 0.5) is 0 Å². The standard InChI is InChI=1S/C17H16ClN3O2S2/c1-21-15(7-14-3-2-4-24-14)19-20-17(21)25-9-12-6-13(18)5-11-8-22-10-23-16(11)12/h2-6H,7-10H2,1H3. The maximum atomic E-state index is 6.23. The van der Waals surface area contributed by atoms with Crippen molar-refractivity contribution in [3.63, 3.8) is 0 Å². The largest absolute Gasteiger partial charge is 0.467 e. The number of hydrogen-bond donors (Lipinski definition) is 0. The summed E-state index contributed by atoms with van der Waals surface area (Å²) in [6.07, 6.45) is 0.800. The van der Waals surface area contributed by atoms with E-state index in [2.05, 4.69) is 27.7 Å². The molecule has 5 nitrogen and oxygen atoms in total. The maximum Gasteiger partial charge on any atom is 0.191 e. The number of hydrogen-bond acceptors (Lipinski definition) is 6. The first-order valence-corrected chi connectivity index (χ1v) is 10.0. The molecule has 0 fully saturated rings. The Morgan fingerprint density at radius 2 is 2.28 bits per heavy atom. The Balaban J connectivity index is 1.50. The lowest BCUT2D eigenvalue weighted by Gasteiger charge is -2.20. The molecule has 3 heterocycles. The molecule has 0 saturated carbocycles. The molecule has 3 aromatic rings. The van der Waals surface area contributed by atoms with Crippen molar-refractivity contribution in [3.8, 4) is 5.75 Å². The highest BCUT2D eigenvalue weighted by Crippen LogP contribution is 2.35.